The number of aromatic nitrogens is 2. The van der Waals surface area contributed by atoms with Gasteiger partial charge in [0.1, 0.15) is 0 Å². The quantitative estimate of drug-likeness (QED) is 0.794. The first kappa shape index (κ1) is 9.71. The van der Waals surface area contributed by atoms with E-state index in [2.05, 4.69) is 5.10 Å². The van der Waals surface area contributed by atoms with Crippen LogP contribution in [0.3, 0.4) is 0 Å². The SMILES string of the molecule is Cn1nccc1CCC1(O)CCCC1. The molecule has 1 N–H and O–H groups in total. The van der Waals surface area contributed by atoms with Crippen molar-refractivity contribution in [2.24, 2.45) is 7.05 Å². The van der Waals surface area contributed by atoms with Crippen LogP contribution in [0.4, 0.5) is 0 Å². The van der Waals surface area contributed by atoms with Gasteiger partial charge in [-0.1, -0.05) is 12.8 Å². The summed E-state index contributed by atoms with van der Waals surface area (Å²) in [6, 6.07) is 2.03. The summed E-state index contributed by atoms with van der Waals surface area (Å²) in [5.74, 6) is 0. The van der Waals surface area contributed by atoms with Gasteiger partial charge in [-0.15, -0.1) is 0 Å². The molecule has 78 valence electrons. The van der Waals surface area contributed by atoms with E-state index in [0.717, 1.165) is 25.7 Å². The predicted octanol–water partition coefficient (Wildman–Crippen LogP) is 1.66. The fraction of sp³-hybridized carbons (Fsp3) is 0.727. The molecule has 1 aromatic heterocycles. The lowest BCUT2D eigenvalue weighted by Gasteiger charge is -2.21. The summed E-state index contributed by atoms with van der Waals surface area (Å²) in [6.07, 6.45) is 7.95. The van der Waals surface area contributed by atoms with Crippen molar-refractivity contribution >= 4 is 0 Å². The molecule has 0 aromatic carbocycles. The molecule has 1 aliphatic carbocycles. The van der Waals surface area contributed by atoms with Crippen molar-refractivity contribution in [2.45, 2.75) is 44.1 Å². The van der Waals surface area contributed by atoms with Crippen LogP contribution < -0.4 is 0 Å². The van der Waals surface area contributed by atoms with Crippen molar-refractivity contribution in [1.82, 2.24) is 9.78 Å². The zero-order chi connectivity index (χ0) is 10.0. The van der Waals surface area contributed by atoms with Gasteiger partial charge in [-0.25, -0.2) is 0 Å². The van der Waals surface area contributed by atoms with Crippen LogP contribution in [0.25, 0.3) is 0 Å². The molecule has 0 unspecified atom stereocenters. The molecule has 1 heterocycles. The molecule has 0 spiro atoms. The maximum Gasteiger partial charge on any atom is 0.0651 e. The van der Waals surface area contributed by atoms with Gasteiger partial charge in [-0.2, -0.15) is 5.10 Å². The molecule has 1 aromatic rings. The van der Waals surface area contributed by atoms with E-state index in [1.807, 2.05) is 24.0 Å². The number of aryl methyl sites for hydroxylation is 2. The van der Waals surface area contributed by atoms with E-state index in [-0.39, 0.29) is 5.60 Å². The average Bonchev–Trinajstić information content (AvgIpc) is 2.73. The normalized spacial score (nSPS) is 20.1. The van der Waals surface area contributed by atoms with E-state index in [4.69, 9.17) is 0 Å². The van der Waals surface area contributed by atoms with Crippen LogP contribution in [-0.4, -0.2) is 20.5 Å². The van der Waals surface area contributed by atoms with Crippen LogP contribution in [0.1, 0.15) is 37.8 Å². The summed E-state index contributed by atoms with van der Waals surface area (Å²) < 4.78 is 1.89. The van der Waals surface area contributed by atoms with E-state index in [1.165, 1.54) is 18.5 Å². The Balaban J connectivity index is 1.91. The molecule has 14 heavy (non-hydrogen) atoms. The van der Waals surface area contributed by atoms with Gasteiger partial charge < -0.3 is 5.11 Å². The van der Waals surface area contributed by atoms with E-state index < -0.39 is 0 Å². The zero-order valence-corrected chi connectivity index (χ0v) is 8.74. The van der Waals surface area contributed by atoms with Crippen molar-refractivity contribution in [3.05, 3.63) is 18.0 Å². The van der Waals surface area contributed by atoms with E-state index in [9.17, 15) is 5.11 Å². The summed E-state index contributed by atoms with van der Waals surface area (Å²) in [4.78, 5) is 0. The Hall–Kier alpha value is -0.830. The fourth-order valence-electron chi connectivity index (χ4n) is 2.29. The molecule has 1 fully saturated rings. The number of aliphatic hydroxyl groups is 1. The summed E-state index contributed by atoms with van der Waals surface area (Å²) in [6.45, 7) is 0. The Morgan fingerprint density at radius 2 is 2.21 bits per heavy atom. The second-order valence-corrected chi connectivity index (χ2v) is 4.38. The van der Waals surface area contributed by atoms with Gasteiger partial charge in [0.15, 0.2) is 0 Å². The van der Waals surface area contributed by atoms with Crippen molar-refractivity contribution < 1.29 is 5.11 Å². The third-order valence-corrected chi connectivity index (χ3v) is 3.30. The second kappa shape index (κ2) is 3.73. The van der Waals surface area contributed by atoms with Gasteiger partial charge in [0.05, 0.1) is 5.60 Å². The first-order valence-electron chi connectivity index (χ1n) is 5.39. The molecule has 3 heteroatoms. The van der Waals surface area contributed by atoms with Gasteiger partial charge in [-0.3, -0.25) is 4.68 Å². The molecule has 2 rings (SSSR count). The minimum absolute atomic E-state index is 0.385. The lowest BCUT2D eigenvalue weighted by atomic mass is 9.95. The predicted molar refractivity (Wildman–Crippen MR) is 54.9 cm³/mol. The van der Waals surface area contributed by atoms with Crippen LogP contribution in [0.15, 0.2) is 12.3 Å². The van der Waals surface area contributed by atoms with Crippen molar-refractivity contribution in [1.29, 1.82) is 0 Å². The Morgan fingerprint density at radius 1 is 1.50 bits per heavy atom. The highest BCUT2D eigenvalue weighted by atomic mass is 16.3. The van der Waals surface area contributed by atoms with Gasteiger partial charge >= 0.3 is 0 Å². The average molecular weight is 194 g/mol. The van der Waals surface area contributed by atoms with Gasteiger partial charge in [0.2, 0.25) is 0 Å². The monoisotopic (exact) mass is 194 g/mol. The molecule has 0 saturated heterocycles. The molecular weight excluding hydrogens is 176 g/mol. The third-order valence-electron chi connectivity index (χ3n) is 3.30. The van der Waals surface area contributed by atoms with Gasteiger partial charge in [-0.05, 0) is 31.7 Å². The minimum atomic E-state index is -0.385. The van der Waals surface area contributed by atoms with Crippen LogP contribution in [-0.2, 0) is 13.5 Å². The fourth-order valence-corrected chi connectivity index (χ4v) is 2.29. The minimum Gasteiger partial charge on any atom is -0.390 e. The van der Waals surface area contributed by atoms with Crippen LogP contribution in [0.5, 0.6) is 0 Å². The molecule has 0 bridgehead atoms. The van der Waals surface area contributed by atoms with Crippen LogP contribution >= 0.6 is 0 Å². The highest BCUT2D eigenvalue weighted by Gasteiger charge is 2.30. The number of hydrogen-bond donors (Lipinski definition) is 1. The van der Waals surface area contributed by atoms with E-state index in [0.29, 0.717) is 0 Å². The van der Waals surface area contributed by atoms with Crippen LogP contribution in [0.2, 0.25) is 0 Å². The lowest BCUT2D eigenvalue weighted by molar-refractivity contribution is 0.0387. The maximum absolute atomic E-state index is 10.2. The summed E-state index contributed by atoms with van der Waals surface area (Å²) in [5, 5.41) is 14.3. The Kier molecular flexibility index (Phi) is 2.59. The van der Waals surface area contributed by atoms with Gasteiger partial charge in [0, 0.05) is 18.9 Å². The largest absolute Gasteiger partial charge is 0.390 e. The van der Waals surface area contributed by atoms with Gasteiger partial charge in [0.25, 0.3) is 0 Å². The highest BCUT2D eigenvalue weighted by molar-refractivity contribution is 5.01. The molecule has 0 amide bonds. The Bertz CT molecular complexity index is 300. The molecule has 3 nitrogen and oxygen atoms in total. The van der Waals surface area contributed by atoms with Crippen molar-refractivity contribution in [3.63, 3.8) is 0 Å². The number of nitrogens with zero attached hydrogens (tertiary/aromatic N) is 2. The highest BCUT2D eigenvalue weighted by Crippen LogP contribution is 2.33. The molecule has 0 radical (unpaired) electrons. The molecule has 1 saturated carbocycles. The molecule has 0 atom stereocenters. The van der Waals surface area contributed by atoms with E-state index in [1.54, 1.807) is 0 Å². The topological polar surface area (TPSA) is 38.0 Å². The van der Waals surface area contributed by atoms with E-state index >= 15 is 0 Å². The Labute approximate surface area is 84.7 Å². The first-order valence-corrected chi connectivity index (χ1v) is 5.39. The summed E-state index contributed by atoms with van der Waals surface area (Å²) in [7, 11) is 1.95. The molecule has 1 aliphatic rings. The van der Waals surface area contributed by atoms with Crippen molar-refractivity contribution in [2.75, 3.05) is 0 Å². The summed E-state index contributed by atoms with van der Waals surface area (Å²) >= 11 is 0. The zero-order valence-electron chi connectivity index (χ0n) is 8.74. The number of rotatable bonds is 3. The molecular formula is C11H18N2O. The second-order valence-electron chi connectivity index (χ2n) is 4.38. The number of hydrogen-bond acceptors (Lipinski definition) is 2. The summed E-state index contributed by atoms with van der Waals surface area (Å²) in [5.41, 5.74) is 0.829. The van der Waals surface area contributed by atoms with Crippen molar-refractivity contribution in [3.8, 4) is 0 Å². The Morgan fingerprint density at radius 3 is 2.79 bits per heavy atom. The first-order chi connectivity index (χ1) is 6.70. The lowest BCUT2D eigenvalue weighted by Crippen LogP contribution is -2.25. The standard InChI is InChI=1S/C11H18N2O/c1-13-10(5-9-12-13)4-8-11(14)6-2-3-7-11/h5,9,14H,2-4,6-8H2,1H3. The van der Waals surface area contributed by atoms with Crippen LogP contribution in [0, 0.1) is 0 Å². The third kappa shape index (κ3) is 1.98. The molecule has 0 aliphatic heterocycles. The smallest absolute Gasteiger partial charge is 0.0651 e. The maximum atomic E-state index is 10.2.